The molecular weight excluding hydrogens is 348 g/mol. The van der Waals surface area contributed by atoms with Crippen molar-refractivity contribution in [1.82, 2.24) is 9.78 Å². The fraction of sp³-hybridized carbons (Fsp3) is 0.0667. The molecule has 2 aromatic heterocycles. The van der Waals surface area contributed by atoms with Crippen LogP contribution in [0.5, 0.6) is 0 Å². The predicted octanol–water partition coefficient (Wildman–Crippen LogP) is 2.05. The lowest BCUT2D eigenvalue weighted by atomic mass is 10.2. The molecule has 3 aromatic rings. The summed E-state index contributed by atoms with van der Waals surface area (Å²) >= 11 is 1.41. The number of sulfonamides is 1. The number of carbonyl (C=O) groups is 1. The molecule has 0 aliphatic heterocycles. The van der Waals surface area contributed by atoms with Gasteiger partial charge in [0.1, 0.15) is 10.6 Å². The Kier molecular flexibility index (Phi) is 4.12. The average molecular weight is 362 g/mol. The lowest BCUT2D eigenvalue weighted by Gasteiger charge is -2.08. The largest absolute Gasteiger partial charge is 0.366 e. The lowest BCUT2D eigenvalue weighted by Crippen LogP contribution is -2.14. The Balaban J connectivity index is 1.95. The van der Waals surface area contributed by atoms with Gasteiger partial charge in [-0.1, -0.05) is 6.07 Å². The van der Waals surface area contributed by atoms with Crippen LogP contribution in [-0.4, -0.2) is 24.1 Å². The number of hydrogen-bond donors (Lipinski definition) is 2. The molecule has 0 fully saturated rings. The average Bonchev–Trinajstić information content (AvgIpc) is 3.16. The van der Waals surface area contributed by atoms with Gasteiger partial charge < -0.3 is 5.73 Å². The van der Waals surface area contributed by atoms with Crippen LogP contribution in [0.15, 0.2) is 52.9 Å². The van der Waals surface area contributed by atoms with Gasteiger partial charge in [0, 0.05) is 24.5 Å². The molecular formula is C15H14N4O3S2. The monoisotopic (exact) mass is 362 g/mol. The fourth-order valence-corrected chi connectivity index (χ4v) is 4.20. The number of amides is 1. The molecule has 1 amide bonds. The van der Waals surface area contributed by atoms with Crippen molar-refractivity contribution in [1.29, 1.82) is 0 Å². The number of anilines is 1. The first-order chi connectivity index (χ1) is 11.4. The van der Waals surface area contributed by atoms with Crippen LogP contribution in [0.1, 0.15) is 10.4 Å². The summed E-state index contributed by atoms with van der Waals surface area (Å²) in [5.41, 5.74) is 6.21. The van der Waals surface area contributed by atoms with E-state index in [0.29, 0.717) is 16.9 Å². The summed E-state index contributed by atoms with van der Waals surface area (Å²) in [6.45, 7) is 0. The van der Waals surface area contributed by atoms with Crippen LogP contribution in [-0.2, 0) is 17.1 Å². The van der Waals surface area contributed by atoms with Crippen molar-refractivity contribution in [2.75, 3.05) is 4.72 Å². The Bertz CT molecular complexity index is 974. The highest BCUT2D eigenvalue weighted by molar-refractivity contribution is 7.92. The van der Waals surface area contributed by atoms with E-state index in [4.69, 9.17) is 5.73 Å². The molecule has 1 aromatic carbocycles. The van der Waals surface area contributed by atoms with E-state index >= 15 is 0 Å². The van der Waals surface area contributed by atoms with Crippen LogP contribution in [0.25, 0.3) is 10.6 Å². The molecule has 0 saturated heterocycles. The molecule has 3 rings (SSSR count). The van der Waals surface area contributed by atoms with Gasteiger partial charge >= 0.3 is 0 Å². The molecule has 2 heterocycles. The summed E-state index contributed by atoms with van der Waals surface area (Å²) in [5.74, 6) is -0.573. The van der Waals surface area contributed by atoms with Crippen LogP contribution in [0.3, 0.4) is 0 Å². The third kappa shape index (κ3) is 3.17. The number of nitrogens with one attached hydrogen (secondary N) is 1. The fourth-order valence-electron chi connectivity index (χ4n) is 2.16. The third-order valence-electron chi connectivity index (χ3n) is 3.26. The van der Waals surface area contributed by atoms with E-state index in [1.165, 1.54) is 46.5 Å². The Morgan fingerprint density at radius 3 is 2.54 bits per heavy atom. The van der Waals surface area contributed by atoms with E-state index in [9.17, 15) is 13.2 Å². The van der Waals surface area contributed by atoms with Crippen LogP contribution >= 0.6 is 11.3 Å². The van der Waals surface area contributed by atoms with E-state index in [1.54, 1.807) is 7.05 Å². The maximum absolute atomic E-state index is 12.7. The van der Waals surface area contributed by atoms with Crippen molar-refractivity contribution in [3.8, 4) is 10.6 Å². The summed E-state index contributed by atoms with van der Waals surface area (Å²) in [6, 6.07) is 9.54. The molecule has 3 N–H and O–H groups in total. The van der Waals surface area contributed by atoms with Gasteiger partial charge in [-0.15, -0.1) is 11.3 Å². The van der Waals surface area contributed by atoms with Gasteiger partial charge in [0.2, 0.25) is 5.91 Å². The molecule has 0 spiro atoms. The van der Waals surface area contributed by atoms with Gasteiger partial charge in [-0.25, -0.2) is 8.42 Å². The quantitative estimate of drug-likeness (QED) is 0.724. The van der Waals surface area contributed by atoms with Crippen molar-refractivity contribution in [3.05, 3.63) is 53.5 Å². The molecule has 7 nitrogen and oxygen atoms in total. The van der Waals surface area contributed by atoms with Crippen LogP contribution in [0, 0.1) is 0 Å². The van der Waals surface area contributed by atoms with Crippen LogP contribution in [0.4, 0.5) is 5.69 Å². The predicted molar refractivity (Wildman–Crippen MR) is 92.3 cm³/mol. The lowest BCUT2D eigenvalue weighted by molar-refractivity contribution is 0.100. The van der Waals surface area contributed by atoms with E-state index in [2.05, 4.69) is 9.82 Å². The van der Waals surface area contributed by atoms with E-state index in [0.717, 1.165) is 4.88 Å². The van der Waals surface area contributed by atoms with Gasteiger partial charge in [-0.05, 0) is 35.7 Å². The van der Waals surface area contributed by atoms with Crippen molar-refractivity contribution in [3.63, 3.8) is 0 Å². The van der Waals surface area contributed by atoms with E-state index < -0.39 is 15.9 Å². The van der Waals surface area contributed by atoms with Gasteiger partial charge in [-0.3, -0.25) is 14.2 Å². The zero-order chi connectivity index (χ0) is 17.3. The molecule has 9 heteroatoms. The highest BCUT2D eigenvalue weighted by Crippen LogP contribution is 2.30. The smallest absolute Gasteiger partial charge is 0.265 e. The minimum atomic E-state index is -3.83. The Hall–Kier alpha value is -2.65. The Labute approximate surface area is 142 Å². The van der Waals surface area contributed by atoms with Gasteiger partial charge in [-0.2, -0.15) is 5.10 Å². The number of rotatable bonds is 5. The number of nitrogens with zero attached hydrogens (tertiary/aromatic N) is 2. The summed E-state index contributed by atoms with van der Waals surface area (Å²) < 4.78 is 29.3. The van der Waals surface area contributed by atoms with Gasteiger partial charge in [0.05, 0.1) is 4.88 Å². The number of benzene rings is 1. The molecule has 124 valence electrons. The minimum absolute atomic E-state index is 0.0893. The van der Waals surface area contributed by atoms with Gasteiger partial charge in [0.25, 0.3) is 10.0 Å². The first-order valence-electron chi connectivity index (χ1n) is 6.87. The Morgan fingerprint density at radius 1 is 1.25 bits per heavy atom. The van der Waals surface area contributed by atoms with Gasteiger partial charge in [0.15, 0.2) is 0 Å². The second-order valence-electron chi connectivity index (χ2n) is 5.04. The number of carbonyl (C=O) groups excluding carboxylic acids is 1. The van der Waals surface area contributed by atoms with Crippen LogP contribution in [0.2, 0.25) is 0 Å². The Morgan fingerprint density at radius 2 is 1.96 bits per heavy atom. The first kappa shape index (κ1) is 16.2. The molecule has 24 heavy (non-hydrogen) atoms. The number of thiophene rings is 1. The molecule has 0 aliphatic rings. The summed E-state index contributed by atoms with van der Waals surface area (Å²) in [5, 5.41) is 6.10. The second-order valence-corrected chi connectivity index (χ2v) is 7.64. The highest BCUT2D eigenvalue weighted by Gasteiger charge is 2.23. The number of hydrogen-bond acceptors (Lipinski definition) is 5. The number of aromatic nitrogens is 2. The second kappa shape index (κ2) is 6.10. The summed E-state index contributed by atoms with van der Waals surface area (Å²) in [6.07, 6.45) is 1.45. The minimum Gasteiger partial charge on any atom is -0.366 e. The normalized spacial score (nSPS) is 11.4. The van der Waals surface area contributed by atoms with Crippen molar-refractivity contribution in [2.45, 2.75) is 4.90 Å². The molecule has 0 bridgehead atoms. The molecule has 0 radical (unpaired) electrons. The number of nitrogens with two attached hydrogens (primary N) is 1. The maximum Gasteiger partial charge on any atom is 0.265 e. The molecule has 0 aliphatic carbocycles. The topological polar surface area (TPSA) is 107 Å². The van der Waals surface area contributed by atoms with E-state index in [1.807, 2.05) is 17.5 Å². The zero-order valence-electron chi connectivity index (χ0n) is 12.6. The summed E-state index contributed by atoms with van der Waals surface area (Å²) in [4.78, 5) is 11.9. The number of aryl methyl sites for hydroxylation is 1. The first-order valence-corrected chi connectivity index (χ1v) is 9.23. The standard InChI is InChI=1S/C15H14N4O3S2/c1-19-9-13(14(17-19)12-3-2-8-23-12)24(21,22)18-11-6-4-10(5-7-11)15(16)20/h2-9,18H,1H3,(H2,16,20). The van der Waals surface area contributed by atoms with Crippen LogP contribution < -0.4 is 10.5 Å². The highest BCUT2D eigenvalue weighted by atomic mass is 32.2. The van der Waals surface area contributed by atoms with Crippen molar-refractivity contribution in [2.24, 2.45) is 12.8 Å². The SMILES string of the molecule is Cn1cc(S(=O)(=O)Nc2ccc(C(N)=O)cc2)c(-c2cccs2)n1. The maximum atomic E-state index is 12.7. The van der Waals surface area contributed by atoms with Crippen molar-refractivity contribution >= 4 is 33.0 Å². The zero-order valence-corrected chi connectivity index (χ0v) is 14.3. The van der Waals surface area contributed by atoms with Crippen molar-refractivity contribution < 1.29 is 13.2 Å². The molecule has 0 saturated carbocycles. The molecule has 0 unspecified atom stereocenters. The molecule has 0 atom stereocenters. The number of primary amides is 1. The third-order valence-corrected chi connectivity index (χ3v) is 5.52. The summed E-state index contributed by atoms with van der Waals surface area (Å²) in [7, 11) is -2.16. The van der Waals surface area contributed by atoms with E-state index in [-0.39, 0.29) is 4.90 Å².